The lowest BCUT2D eigenvalue weighted by atomic mass is 10.1. The van der Waals surface area contributed by atoms with Gasteiger partial charge in [0.2, 0.25) is 0 Å². The maximum Gasteiger partial charge on any atom is 0.0738 e. The van der Waals surface area contributed by atoms with Crippen LogP contribution in [0.1, 0.15) is 32.3 Å². The number of hydrogen-bond acceptors (Lipinski definition) is 3. The Morgan fingerprint density at radius 1 is 1.28 bits per heavy atom. The number of rotatable bonds is 6. The summed E-state index contributed by atoms with van der Waals surface area (Å²) in [6.45, 7) is 5.43. The number of nitrogens with zero attached hydrogens (tertiary/aromatic N) is 1. The summed E-state index contributed by atoms with van der Waals surface area (Å²) in [5.41, 5.74) is 7.97. The molecular formula is C15H24N2O. The van der Waals surface area contributed by atoms with E-state index in [4.69, 9.17) is 5.73 Å². The Balaban J connectivity index is 2.08. The SMILES string of the molecule is CC(C)C(O)CN(c1ccc(CN)cc1)C1CC1. The molecule has 3 heteroatoms. The summed E-state index contributed by atoms with van der Waals surface area (Å²) in [5.74, 6) is 0.301. The maximum atomic E-state index is 10.1. The van der Waals surface area contributed by atoms with E-state index in [9.17, 15) is 5.11 Å². The van der Waals surface area contributed by atoms with Crippen LogP contribution in [-0.2, 0) is 6.54 Å². The summed E-state index contributed by atoms with van der Waals surface area (Å²) in [7, 11) is 0. The van der Waals surface area contributed by atoms with Crippen LogP contribution in [0.3, 0.4) is 0 Å². The minimum atomic E-state index is -0.264. The van der Waals surface area contributed by atoms with Crippen molar-refractivity contribution in [3.05, 3.63) is 29.8 Å². The van der Waals surface area contributed by atoms with E-state index < -0.39 is 0 Å². The quantitative estimate of drug-likeness (QED) is 0.811. The first-order chi connectivity index (χ1) is 8.61. The second kappa shape index (κ2) is 5.72. The molecule has 1 aromatic carbocycles. The number of aliphatic hydroxyl groups excluding tert-OH is 1. The predicted octanol–water partition coefficient (Wildman–Crippen LogP) is 2.13. The van der Waals surface area contributed by atoms with E-state index in [2.05, 4.69) is 43.0 Å². The third-order valence-electron chi connectivity index (χ3n) is 3.64. The van der Waals surface area contributed by atoms with E-state index in [1.54, 1.807) is 0 Å². The molecule has 0 saturated heterocycles. The first kappa shape index (κ1) is 13.4. The minimum Gasteiger partial charge on any atom is -0.391 e. The Morgan fingerprint density at radius 3 is 2.33 bits per heavy atom. The van der Waals surface area contributed by atoms with Crippen LogP contribution in [0.4, 0.5) is 5.69 Å². The van der Waals surface area contributed by atoms with Gasteiger partial charge in [0, 0.05) is 24.8 Å². The van der Waals surface area contributed by atoms with Gasteiger partial charge >= 0.3 is 0 Å². The predicted molar refractivity (Wildman–Crippen MR) is 75.5 cm³/mol. The highest BCUT2D eigenvalue weighted by molar-refractivity contribution is 5.50. The second-order valence-corrected chi connectivity index (χ2v) is 5.57. The van der Waals surface area contributed by atoms with Gasteiger partial charge in [0.25, 0.3) is 0 Å². The topological polar surface area (TPSA) is 49.5 Å². The van der Waals surface area contributed by atoms with Gasteiger partial charge in [-0.2, -0.15) is 0 Å². The van der Waals surface area contributed by atoms with Crippen molar-refractivity contribution in [1.29, 1.82) is 0 Å². The van der Waals surface area contributed by atoms with Gasteiger partial charge in [-0.15, -0.1) is 0 Å². The largest absolute Gasteiger partial charge is 0.391 e. The third-order valence-corrected chi connectivity index (χ3v) is 3.64. The van der Waals surface area contributed by atoms with E-state index in [1.165, 1.54) is 18.5 Å². The van der Waals surface area contributed by atoms with Crippen molar-refractivity contribution in [3.63, 3.8) is 0 Å². The number of nitrogens with two attached hydrogens (primary N) is 1. The lowest BCUT2D eigenvalue weighted by Gasteiger charge is -2.29. The number of hydrogen-bond donors (Lipinski definition) is 2. The summed E-state index contributed by atoms with van der Waals surface area (Å²) in [6.07, 6.45) is 2.21. The van der Waals surface area contributed by atoms with Crippen molar-refractivity contribution < 1.29 is 5.11 Å². The highest BCUT2D eigenvalue weighted by Crippen LogP contribution is 2.32. The molecule has 0 spiro atoms. The molecule has 3 nitrogen and oxygen atoms in total. The van der Waals surface area contributed by atoms with Gasteiger partial charge in [0.15, 0.2) is 0 Å². The molecule has 1 fully saturated rings. The number of benzene rings is 1. The summed E-state index contributed by atoms with van der Waals surface area (Å²) in [6, 6.07) is 9.00. The molecule has 100 valence electrons. The van der Waals surface area contributed by atoms with Gasteiger partial charge in [0.1, 0.15) is 0 Å². The Hall–Kier alpha value is -1.06. The van der Waals surface area contributed by atoms with Gasteiger partial charge in [-0.25, -0.2) is 0 Å². The van der Waals surface area contributed by atoms with Crippen LogP contribution in [0.25, 0.3) is 0 Å². The maximum absolute atomic E-state index is 10.1. The van der Waals surface area contributed by atoms with Crippen molar-refractivity contribution in [3.8, 4) is 0 Å². The lowest BCUT2D eigenvalue weighted by molar-refractivity contribution is 0.130. The van der Waals surface area contributed by atoms with Gasteiger partial charge in [-0.3, -0.25) is 0 Å². The molecule has 1 aliphatic carbocycles. The molecule has 1 atom stereocenters. The lowest BCUT2D eigenvalue weighted by Crippen LogP contribution is -2.36. The molecule has 0 radical (unpaired) electrons. The first-order valence-corrected chi connectivity index (χ1v) is 6.85. The van der Waals surface area contributed by atoms with Gasteiger partial charge < -0.3 is 15.7 Å². The molecule has 0 bridgehead atoms. The monoisotopic (exact) mass is 248 g/mol. The van der Waals surface area contributed by atoms with Gasteiger partial charge in [0.05, 0.1) is 6.10 Å². The summed E-state index contributed by atoms with van der Waals surface area (Å²) >= 11 is 0. The van der Waals surface area contributed by atoms with Crippen molar-refractivity contribution in [2.24, 2.45) is 11.7 Å². The molecule has 3 N–H and O–H groups in total. The fraction of sp³-hybridized carbons (Fsp3) is 0.600. The smallest absolute Gasteiger partial charge is 0.0738 e. The Kier molecular flexibility index (Phi) is 4.25. The molecule has 1 unspecified atom stereocenters. The van der Waals surface area contributed by atoms with E-state index >= 15 is 0 Å². The molecule has 0 amide bonds. The van der Waals surface area contributed by atoms with E-state index in [1.807, 2.05) is 0 Å². The van der Waals surface area contributed by atoms with Crippen molar-refractivity contribution in [1.82, 2.24) is 0 Å². The minimum absolute atomic E-state index is 0.264. The zero-order chi connectivity index (χ0) is 13.1. The summed E-state index contributed by atoms with van der Waals surface area (Å²) in [5, 5.41) is 10.1. The van der Waals surface area contributed by atoms with Crippen LogP contribution in [-0.4, -0.2) is 23.8 Å². The molecule has 2 rings (SSSR count). The third kappa shape index (κ3) is 3.24. The molecule has 0 aliphatic heterocycles. The van der Waals surface area contributed by atoms with Crippen LogP contribution < -0.4 is 10.6 Å². The Morgan fingerprint density at radius 2 is 1.89 bits per heavy atom. The zero-order valence-corrected chi connectivity index (χ0v) is 11.3. The van der Waals surface area contributed by atoms with Crippen molar-refractivity contribution >= 4 is 5.69 Å². The Labute approximate surface area is 110 Å². The Bertz CT molecular complexity index is 371. The first-order valence-electron chi connectivity index (χ1n) is 6.85. The molecule has 0 aromatic heterocycles. The summed E-state index contributed by atoms with van der Waals surface area (Å²) < 4.78 is 0. The molecule has 1 aliphatic rings. The van der Waals surface area contributed by atoms with Crippen molar-refractivity contribution in [2.45, 2.75) is 45.4 Å². The van der Waals surface area contributed by atoms with E-state index in [-0.39, 0.29) is 6.10 Å². The van der Waals surface area contributed by atoms with Crippen LogP contribution in [0.2, 0.25) is 0 Å². The average molecular weight is 248 g/mol. The average Bonchev–Trinajstić information content (AvgIpc) is 3.20. The fourth-order valence-corrected chi connectivity index (χ4v) is 2.09. The van der Waals surface area contributed by atoms with Crippen LogP contribution in [0.15, 0.2) is 24.3 Å². The normalized spacial score (nSPS) is 16.9. The van der Waals surface area contributed by atoms with Gasteiger partial charge in [-0.05, 0) is 36.5 Å². The van der Waals surface area contributed by atoms with Gasteiger partial charge in [-0.1, -0.05) is 26.0 Å². The second-order valence-electron chi connectivity index (χ2n) is 5.57. The van der Waals surface area contributed by atoms with Crippen LogP contribution in [0.5, 0.6) is 0 Å². The van der Waals surface area contributed by atoms with Crippen LogP contribution >= 0.6 is 0 Å². The molecule has 18 heavy (non-hydrogen) atoms. The molecular weight excluding hydrogens is 224 g/mol. The van der Waals surface area contributed by atoms with Crippen LogP contribution in [0, 0.1) is 5.92 Å². The fourth-order valence-electron chi connectivity index (χ4n) is 2.09. The summed E-state index contributed by atoms with van der Waals surface area (Å²) in [4.78, 5) is 2.34. The van der Waals surface area contributed by atoms with E-state index in [0.29, 0.717) is 18.5 Å². The molecule has 1 aromatic rings. The highest BCUT2D eigenvalue weighted by atomic mass is 16.3. The number of anilines is 1. The molecule has 1 saturated carbocycles. The number of aliphatic hydroxyl groups is 1. The highest BCUT2D eigenvalue weighted by Gasteiger charge is 2.31. The van der Waals surface area contributed by atoms with Crippen molar-refractivity contribution in [2.75, 3.05) is 11.4 Å². The molecule has 0 heterocycles. The zero-order valence-electron chi connectivity index (χ0n) is 11.3. The standard InChI is InChI=1S/C15H24N2O/c1-11(2)15(18)10-17(14-7-8-14)13-5-3-12(9-16)4-6-13/h3-6,11,14-15,18H,7-10,16H2,1-2H3. The van der Waals surface area contributed by atoms with E-state index in [0.717, 1.165) is 12.1 Å².